The van der Waals surface area contributed by atoms with Gasteiger partial charge < -0.3 is 5.11 Å². The summed E-state index contributed by atoms with van der Waals surface area (Å²) in [7, 11) is 0. The van der Waals surface area contributed by atoms with E-state index >= 15 is 0 Å². The van der Waals surface area contributed by atoms with Gasteiger partial charge in [-0.2, -0.15) is 5.10 Å². The first kappa shape index (κ1) is 10.4. The molecule has 0 aliphatic carbocycles. The van der Waals surface area contributed by atoms with Crippen molar-refractivity contribution >= 4 is 11.6 Å². The van der Waals surface area contributed by atoms with Gasteiger partial charge in [0.05, 0.1) is 5.71 Å². The Morgan fingerprint density at radius 3 is 2.64 bits per heavy atom. The number of amides is 1. The van der Waals surface area contributed by atoms with Crippen molar-refractivity contribution in [1.29, 1.82) is 0 Å². The minimum atomic E-state index is -0.550. The average Bonchev–Trinajstić information content (AvgIpc) is 2.26. The quantitative estimate of drug-likeness (QED) is 0.541. The third-order valence-electron chi connectivity index (χ3n) is 1.68. The maximum absolute atomic E-state index is 10.7. The second-order valence-electron chi connectivity index (χ2n) is 2.76. The molecule has 0 unspecified atom stereocenters. The van der Waals surface area contributed by atoms with Crippen LogP contribution in [0.2, 0.25) is 0 Å². The fourth-order valence-corrected chi connectivity index (χ4v) is 0.925. The lowest BCUT2D eigenvalue weighted by Crippen LogP contribution is -2.22. The zero-order chi connectivity index (χ0) is 10.4. The van der Waals surface area contributed by atoms with Crippen LogP contribution in [0.15, 0.2) is 35.4 Å². The molecule has 0 saturated heterocycles. The Morgan fingerprint density at radius 2 is 2.07 bits per heavy atom. The number of aliphatic hydroxyl groups is 1. The van der Waals surface area contributed by atoms with Crippen molar-refractivity contribution in [1.82, 2.24) is 5.43 Å². The molecule has 0 heterocycles. The molecule has 0 saturated carbocycles. The summed E-state index contributed by atoms with van der Waals surface area (Å²) in [5, 5.41) is 12.3. The SMILES string of the molecule is C/C(=N/NC(=O)CO)c1ccccc1. The van der Waals surface area contributed by atoms with Gasteiger partial charge >= 0.3 is 0 Å². The van der Waals surface area contributed by atoms with Crippen LogP contribution in [0.25, 0.3) is 0 Å². The van der Waals surface area contributed by atoms with Crippen LogP contribution in [0.5, 0.6) is 0 Å². The van der Waals surface area contributed by atoms with Gasteiger partial charge in [-0.1, -0.05) is 30.3 Å². The maximum Gasteiger partial charge on any atom is 0.265 e. The first-order valence-corrected chi connectivity index (χ1v) is 4.23. The van der Waals surface area contributed by atoms with Crippen molar-refractivity contribution in [3.05, 3.63) is 35.9 Å². The minimum Gasteiger partial charge on any atom is -0.386 e. The Balaban J connectivity index is 2.66. The fourth-order valence-electron chi connectivity index (χ4n) is 0.925. The fraction of sp³-hybridized carbons (Fsp3) is 0.200. The molecule has 4 heteroatoms. The molecule has 0 fully saturated rings. The molecular formula is C10H12N2O2. The Hall–Kier alpha value is -1.68. The lowest BCUT2D eigenvalue weighted by atomic mass is 10.1. The van der Waals surface area contributed by atoms with E-state index in [0.29, 0.717) is 5.71 Å². The van der Waals surface area contributed by atoms with Crippen molar-refractivity contribution in [2.75, 3.05) is 6.61 Å². The summed E-state index contributed by atoms with van der Waals surface area (Å²) in [5.41, 5.74) is 3.87. The summed E-state index contributed by atoms with van der Waals surface area (Å²) in [5.74, 6) is -0.514. The molecular weight excluding hydrogens is 180 g/mol. The summed E-state index contributed by atoms with van der Waals surface area (Å²) in [6.07, 6.45) is 0. The highest BCUT2D eigenvalue weighted by Gasteiger charge is 1.97. The van der Waals surface area contributed by atoms with Crippen LogP contribution in [0, 0.1) is 0 Å². The summed E-state index contributed by atoms with van der Waals surface area (Å²) >= 11 is 0. The van der Waals surface area contributed by atoms with E-state index in [1.807, 2.05) is 30.3 Å². The van der Waals surface area contributed by atoms with Gasteiger partial charge in [0.2, 0.25) is 0 Å². The molecule has 4 nitrogen and oxygen atoms in total. The van der Waals surface area contributed by atoms with Crippen molar-refractivity contribution < 1.29 is 9.90 Å². The third kappa shape index (κ3) is 2.99. The van der Waals surface area contributed by atoms with Crippen LogP contribution in [-0.4, -0.2) is 23.3 Å². The van der Waals surface area contributed by atoms with Crippen LogP contribution >= 0.6 is 0 Å². The molecule has 1 aromatic carbocycles. The van der Waals surface area contributed by atoms with Crippen molar-refractivity contribution in [3.63, 3.8) is 0 Å². The van der Waals surface area contributed by atoms with Gasteiger partial charge in [0.15, 0.2) is 0 Å². The molecule has 0 aliphatic heterocycles. The van der Waals surface area contributed by atoms with E-state index in [-0.39, 0.29) is 0 Å². The van der Waals surface area contributed by atoms with Crippen molar-refractivity contribution in [2.45, 2.75) is 6.92 Å². The first-order chi connectivity index (χ1) is 6.74. The molecule has 0 aromatic heterocycles. The highest BCUT2D eigenvalue weighted by atomic mass is 16.3. The molecule has 74 valence electrons. The normalized spacial score (nSPS) is 11.1. The number of benzene rings is 1. The van der Waals surface area contributed by atoms with Gasteiger partial charge in [-0.15, -0.1) is 0 Å². The molecule has 1 aromatic rings. The predicted molar refractivity (Wildman–Crippen MR) is 53.9 cm³/mol. The van der Waals surface area contributed by atoms with Crippen LogP contribution in [0.3, 0.4) is 0 Å². The minimum absolute atomic E-state index is 0.514. The van der Waals surface area contributed by atoms with E-state index in [4.69, 9.17) is 5.11 Å². The lowest BCUT2D eigenvalue weighted by molar-refractivity contribution is -0.123. The number of hydrogen-bond donors (Lipinski definition) is 2. The Labute approximate surface area is 82.3 Å². The summed E-state index contributed by atoms with van der Waals surface area (Å²) in [6.45, 7) is 1.23. The zero-order valence-electron chi connectivity index (χ0n) is 7.90. The predicted octanol–water partition coefficient (Wildman–Crippen LogP) is 0.519. The molecule has 0 aliphatic rings. The monoisotopic (exact) mass is 192 g/mol. The third-order valence-corrected chi connectivity index (χ3v) is 1.68. The molecule has 0 atom stereocenters. The topological polar surface area (TPSA) is 61.7 Å². The Bertz CT molecular complexity index is 333. The average molecular weight is 192 g/mol. The van der Waals surface area contributed by atoms with Crippen molar-refractivity contribution in [3.8, 4) is 0 Å². The maximum atomic E-state index is 10.7. The van der Waals surface area contributed by atoms with Gasteiger partial charge in [-0.25, -0.2) is 5.43 Å². The standard InChI is InChI=1S/C10H12N2O2/c1-8(11-12-10(14)7-13)9-5-3-2-4-6-9/h2-6,13H,7H2,1H3,(H,12,14)/b11-8-. The number of aliphatic hydroxyl groups excluding tert-OH is 1. The van der Waals surface area contributed by atoms with Crippen LogP contribution in [-0.2, 0) is 4.79 Å². The smallest absolute Gasteiger partial charge is 0.265 e. The van der Waals surface area contributed by atoms with Crippen molar-refractivity contribution in [2.24, 2.45) is 5.10 Å². The van der Waals surface area contributed by atoms with E-state index in [9.17, 15) is 4.79 Å². The largest absolute Gasteiger partial charge is 0.386 e. The number of nitrogens with zero attached hydrogens (tertiary/aromatic N) is 1. The van der Waals surface area contributed by atoms with E-state index in [1.54, 1.807) is 6.92 Å². The molecule has 0 bridgehead atoms. The molecule has 2 N–H and O–H groups in total. The number of hydrogen-bond acceptors (Lipinski definition) is 3. The number of carbonyl (C=O) groups is 1. The van der Waals surface area contributed by atoms with Crippen LogP contribution in [0.1, 0.15) is 12.5 Å². The van der Waals surface area contributed by atoms with E-state index < -0.39 is 12.5 Å². The summed E-state index contributed by atoms with van der Waals surface area (Å²) in [6, 6.07) is 9.47. The van der Waals surface area contributed by atoms with Crippen LogP contribution < -0.4 is 5.43 Å². The van der Waals surface area contributed by atoms with E-state index in [0.717, 1.165) is 5.56 Å². The van der Waals surface area contributed by atoms with E-state index in [1.165, 1.54) is 0 Å². The lowest BCUT2D eigenvalue weighted by Gasteiger charge is -2.00. The Kier molecular flexibility index (Phi) is 3.82. The number of rotatable bonds is 3. The second-order valence-corrected chi connectivity index (χ2v) is 2.76. The molecule has 1 amide bonds. The number of hydrazone groups is 1. The van der Waals surface area contributed by atoms with Crippen LogP contribution in [0.4, 0.5) is 0 Å². The van der Waals surface area contributed by atoms with Gasteiger partial charge in [0, 0.05) is 0 Å². The first-order valence-electron chi connectivity index (χ1n) is 4.23. The highest BCUT2D eigenvalue weighted by molar-refractivity contribution is 5.99. The number of carbonyl (C=O) groups excluding carboxylic acids is 1. The molecule has 0 radical (unpaired) electrons. The zero-order valence-corrected chi connectivity index (χ0v) is 7.90. The molecule has 0 spiro atoms. The van der Waals surface area contributed by atoms with Gasteiger partial charge in [0.25, 0.3) is 5.91 Å². The Morgan fingerprint density at radius 1 is 1.43 bits per heavy atom. The van der Waals surface area contributed by atoms with Gasteiger partial charge in [-0.05, 0) is 12.5 Å². The summed E-state index contributed by atoms with van der Waals surface area (Å²) in [4.78, 5) is 10.7. The number of nitrogens with one attached hydrogen (secondary N) is 1. The highest BCUT2D eigenvalue weighted by Crippen LogP contribution is 1.99. The molecule has 14 heavy (non-hydrogen) atoms. The van der Waals surface area contributed by atoms with E-state index in [2.05, 4.69) is 10.5 Å². The second kappa shape index (κ2) is 5.14. The van der Waals surface area contributed by atoms with Gasteiger partial charge in [-0.3, -0.25) is 4.79 Å². The van der Waals surface area contributed by atoms with Gasteiger partial charge in [0.1, 0.15) is 6.61 Å². The summed E-state index contributed by atoms with van der Waals surface area (Å²) < 4.78 is 0. The molecule has 1 rings (SSSR count).